The Balaban J connectivity index is 1.04. The van der Waals surface area contributed by atoms with Crippen molar-refractivity contribution in [3.05, 3.63) is 224 Å². The van der Waals surface area contributed by atoms with Gasteiger partial charge < -0.3 is 25.2 Å². The summed E-state index contributed by atoms with van der Waals surface area (Å²) in [6, 6.07) is 38.3. The highest BCUT2D eigenvalue weighted by molar-refractivity contribution is 6.67. The molecule has 10 heteroatoms. The quantitative estimate of drug-likeness (QED) is 0.155. The molecular weight excluding hydrogens is 796 g/mol. The van der Waals surface area contributed by atoms with Crippen molar-refractivity contribution in [2.75, 3.05) is 16.5 Å². The van der Waals surface area contributed by atoms with Crippen LogP contribution in [-0.4, -0.2) is 35.8 Å². The number of fused-ring (bicyclic) bond motifs is 4. The van der Waals surface area contributed by atoms with Crippen LogP contribution in [0.15, 0.2) is 207 Å². The van der Waals surface area contributed by atoms with Crippen molar-refractivity contribution >= 4 is 70.1 Å². The number of nitrogens with one attached hydrogen (secondary N) is 2. The van der Waals surface area contributed by atoms with Gasteiger partial charge in [0, 0.05) is 65.8 Å². The molecule has 6 heterocycles. The first kappa shape index (κ1) is 41.1. The van der Waals surface area contributed by atoms with Crippen LogP contribution in [0.25, 0.3) is 38.6 Å². The normalized spacial score (nSPS) is 19.4. The van der Waals surface area contributed by atoms with Crippen LogP contribution in [0.1, 0.15) is 37.5 Å². The first-order valence-electron chi connectivity index (χ1n) is 21.9. The molecule has 3 aliphatic rings. The smallest absolute Gasteiger partial charge is 0.221 e. The highest BCUT2D eigenvalue weighted by Gasteiger charge is 2.32. The molecule has 65 heavy (non-hydrogen) atoms. The van der Waals surface area contributed by atoms with Crippen molar-refractivity contribution in [2.24, 2.45) is 0 Å². The van der Waals surface area contributed by atoms with E-state index in [4.69, 9.17) is 14.7 Å². The van der Waals surface area contributed by atoms with Gasteiger partial charge in [-0.25, -0.2) is 9.97 Å². The molecule has 0 fully saturated rings. The van der Waals surface area contributed by atoms with Gasteiger partial charge >= 0.3 is 0 Å². The number of ether oxygens (including phenoxy) is 1. The number of nitrogens with zero attached hydrogens (tertiary/aromatic N) is 5. The molecule has 10 rings (SSSR count). The number of hydrogen-bond acceptors (Lipinski definition) is 7. The van der Waals surface area contributed by atoms with E-state index in [0.717, 1.165) is 72.4 Å². The SMILES string of the molecule is CC(C)(C)c1ccnc(-n2c3ccccc3c3ccc(Oc4cc(N5CN(c6c(/C7=C/C=C\N/C=C\C=C/[B]7)cccc6/C6=C/C=C\N/C=C\C=C/[B]6)c6ccccc65)ccn4)cc32)c1. The van der Waals surface area contributed by atoms with Crippen molar-refractivity contribution in [1.82, 2.24) is 25.2 Å². The third-order valence-electron chi connectivity index (χ3n) is 11.7. The average Bonchev–Trinajstić information content (AvgIpc) is 3.88. The van der Waals surface area contributed by atoms with E-state index in [2.05, 4.69) is 181 Å². The Morgan fingerprint density at radius 1 is 0.585 bits per heavy atom. The summed E-state index contributed by atoms with van der Waals surface area (Å²) in [6.45, 7) is 7.24. The van der Waals surface area contributed by atoms with E-state index in [0.29, 0.717) is 18.3 Å². The molecule has 0 amide bonds. The van der Waals surface area contributed by atoms with E-state index in [1.165, 1.54) is 5.56 Å². The van der Waals surface area contributed by atoms with Gasteiger partial charge in [0.05, 0.1) is 28.1 Å². The summed E-state index contributed by atoms with van der Waals surface area (Å²) in [7, 11) is 4.34. The molecule has 0 saturated carbocycles. The van der Waals surface area contributed by atoms with Crippen LogP contribution in [0.4, 0.5) is 22.7 Å². The minimum absolute atomic E-state index is 0.0247. The minimum Gasteiger partial charge on any atom is -0.439 e. The second kappa shape index (κ2) is 18.0. The van der Waals surface area contributed by atoms with Gasteiger partial charge in [0.1, 0.15) is 18.2 Å². The fraction of sp³-hybridized carbons (Fsp3) is 0.0909. The Morgan fingerprint density at radius 2 is 1.23 bits per heavy atom. The van der Waals surface area contributed by atoms with Gasteiger partial charge in [0.15, 0.2) is 14.6 Å². The van der Waals surface area contributed by atoms with Crippen molar-refractivity contribution in [3.8, 4) is 17.4 Å². The lowest BCUT2D eigenvalue weighted by Gasteiger charge is -2.28. The van der Waals surface area contributed by atoms with Gasteiger partial charge in [-0.2, -0.15) is 0 Å². The Kier molecular flexibility index (Phi) is 11.4. The van der Waals surface area contributed by atoms with Crippen LogP contribution in [0.3, 0.4) is 0 Å². The number of anilines is 4. The molecule has 0 aliphatic carbocycles. The Labute approximate surface area is 382 Å². The third kappa shape index (κ3) is 8.46. The van der Waals surface area contributed by atoms with E-state index in [-0.39, 0.29) is 5.41 Å². The molecular formula is C55H47B2N7O. The topological polar surface area (TPSA) is 70.5 Å². The molecule has 2 radical (unpaired) electrons. The van der Waals surface area contributed by atoms with Crippen LogP contribution >= 0.6 is 0 Å². The first-order chi connectivity index (χ1) is 31.9. The molecule has 4 aromatic carbocycles. The maximum atomic E-state index is 6.68. The van der Waals surface area contributed by atoms with E-state index in [1.807, 2.05) is 85.8 Å². The Morgan fingerprint density at radius 3 is 1.95 bits per heavy atom. The van der Waals surface area contributed by atoms with E-state index in [1.54, 1.807) is 0 Å². The molecule has 0 unspecified atom stereocenters. The number of benzene rings is 4. The van der Waals surface area contributed by atoms with Crippen molar-refractivity contribution < 1.29 is 4.74 Å². The van der Waals surface area contributed by atoms with Crippen LogP contribution in [-0.2, 0) is 5.41 Å². The largest absolute Gasteiger partial charge is 0.439 e. The Bertz CT molecular complexity index is 3110. The van der Waals surface area contributed by atoms with Crippen LogP contribution < -0.4 is 25.2 Å². The zero-order valence-electron chi connectivity index (χ0n) is 36.6. The molecule has 0 bridgehead atoms. The zero-order valence-corrected chi connectivity index (χ0v) is 36.6. The first-order valence-corrected chi connectivity index (χ1v) is 21.9. The van der Waals surface area contributed by atoms with Gasteiger partial charge in [-0.15, -0.1) is 12.0 Å². The van der Waals surface area contributed by atoms with Gasteiger partial charge in [-0.3, -0.25) is 4.57 Å². The molecule has 314 valence electrons. The maximum Gasteiger partial charge on any atom is 0.221 e. The highest BCUT2D eigenvalue weighted by Crippen LogP contribution is 2.48. The second-order valence-electron chi connectivity index (χ2n) is 16.9. The lowest BCUT2D eigenvalue weighted by molar-refractivity contribution is 0.463. The minimum atomic E-state index is -0.0247. The summed E-state index contributed by atoms with van der Waals surface area (Å²) in [5, 5.41) is 8.73. The highest BCUT2D eigenvalue weighted by atomic mass is 16.5. The molecule has 0 spiro atoms. The monoisotopic (exact) mass is 843 g/mol. The number of pyridine rings is 2. The molecule has 3 aromatic heterocycles. The van der Waals surface area contributed by atoms with Gasteiger partial charge in [-0.05, 0) is 94.9 Å². The molecule has 2 N–H and O–H groups in total. The summed E-state index contributed by atoms with van der Waals surface area (Å²) in [5.41, 5.74) is 11.9. The summed E-state index contributed by atoms with van der Waals surface area (Å²) in [4.78, 5) is 14.4. The van der Waals surface area contributed by atoms with Gasteiger partial charge in [-0.1, -0.05) is 105 Å². The van der Waals surface area contributed by atoms with Crippen molar-refractivity contribution in [3.63, 3.8) is 0 Å². The summed E-state index contributed by atoms with van der Waals surface area (Å²) in [6.07, 6.45) is 27.9. The third-order valence-corrected chi connectivity index (χ3v) is 11.7. The number of aromatic nitrogens is 3. The predicted octanol–water partition coefficient (Wildman–Crippen LogP) is 12.3. The Hall–Kier alpha value is -7.97. The van der Waals surface area contributed by atoms with Gasteiger partial charge in [0.2, 0.25) is 5.88 Å². The number of allylic oxidation sites excluding steroid dienone is 8. The van der Waals surface area contributed by atoms with Crippen LogP contribution in [0.5, 0.6) is 11.6 Å². The second-order valence-corrected chi connectivity index (χ2v) is 16.9. The standard InChI is InChI=1S/C55H47B2N7O/c1-55(2,3)39-25-33-60-52(35-39)64-48-20-5-4-15-42(48)43-24-23-41(37-51(43)64)65-53-36-40(26-34-61-53)62-38-63(50-22-7-6-21-49(50)62)54-44(46-18-13-31-58-29-10-8-27-56-46)16-12-17-45(54)47-19-14-32-59-30-11-9-28-57-47/h4-37,58-59H,38H2,1-3H3/b27-8-,28-9-,29-10-,30-11-,31-13-,32-14-,46-18-,47-19-. The lowest BCUT2D eigenvalue weighted by Crippen LogP contribution is -2.26. The average molecular weight is 844 g/mol. The molecule has 3 aliphatic heterocycles. The van der Waals surface area contributed by atoms with E-state index >= 15 is 0 Å². The number of para-hydroxylation sites is 4. The molecule has 0 atom stereocenters. The summed E-state index contributed by atoms with van der Waals surface area (Å²) >= 11 is 0. The van der Waals surface area contributed by atoms with Gasteiger partial charge in [0.25, 0.3) is 0 Å². The molecule has 7 aromatic rings. The fourth-order valence-electron chi connectivity index (χ4n) is 8.60. The van der Waals surface area contributed by atoms with Crippen LogP contribution in [0.2, 0.25) is 0 Å². The predicted molar refractivity (Wildman–Crippen MR) is 272 cm³/mol. The van der Waals surface area contributed by atoms with Crippen molar-refractivity contribution in [2.45, 2.75) is 26.2 Å². The maximum absolute atomic E-state index is 6.68. The van der Waals surface area contributed by atoms with Crippen LogP contribution in [0, 0.1) is 0 Å². The molecule has 8 nitrogen and oxygen atoms in total. The number of hydrogen-bond donors (Lipinski definition) is 2. The zero-order chi connectivity index (χ0) is 44.2. The van der Waals surface area contributed by atoms with E-state index in [9.17, 15) is 0 Å². The summed E-state index contributed by atoms with van der Waals surface area (Å²) < 4.78 is 8.91. The number of rotatable bonds is 7. The summed E-state index contributed by atoms with van der Waals surface area (Å²) in [5.74, 6) is 6.22. The van der Waals surface area contributed by atoms with Crippen molar-refractivity contribution in [1.29, 1.82) is 0 Å². The lowest BCUT2D eigenvalue weighted by atomic mass is 9.63. The molecule has 0 saturated heterocycles. The van der Waals surface area contributed by atoms with E-state index < -0.39 is 0 Å². The fourth-order valence-corrected chi connectivity index (χ4v) is 8.60.